The molecule has 0 heterocycles. The van der Waals surface area contributed by atoms with Gasteiger partial charge in [0.15, 0.2) is 17.6 Å². The Morgan fingerprint density at radius 3 is 2.52 bits per heavy atom. The van der Waals surface area contributed by atoms with Crippen LogP contribution in [0.4, 0.5) is 0 Å². The number of hydrazone groups is 1. The number of para-hydroxylation sites is 1. The Bertz CT molecular complexity index is 774. The third kappa shape index (κ3) is 4.81. The number of ether oxygens (including phenoxy) is 2. The molecule has 7 nitrogen and oxygen atoms in total. The number of hydrogen-bond acceptors (Lipinski definition) is 5. The van der Waals surface area contributed by atoms with Gasteiger partial charge in [0.05, 0.1) is 13.3 Å². The molecule has 0 aliphatic heterocycles. The van der Waals surface area contributed by atoms with Crippen molar-refractivity contribution in [2.45, 2.75) is 13.0 Å². The second kappa shape index (κ2) is 8.49. The number of carboxylic acids is 1. The summed E-state index contributed by atoms with van der Waals surface area (Å²) in [5.74, 6) is -0.865. The fourth-order valence-corrected chi connectivity index (χ4v) is 1.96. The lowest BCUT2D eigenvalue weighted by Crippen LogP contribution is -2.24. The van der Waals surface area contributed by atoms with Crippen LogP contribution >= 0.6 is 0 Å². The highest BCUT2D eigenvalue weighted by atomic mass is 16.5. The molecule has 0 fully saturated rings. The summed E-state index contributed by atoms with van der Waals surface area (Å²) >= 11 is 0. The van der Waals surface area contributed by atoms with Gasteiger partial charge in [-0.1, -0.05) is 24.3 Å². The van der Waals surface area contributed by atoms with E-state index < -0.39 is 12.1 Å². The van der Waals surface area contributed by atoms with E-state index in [4.69, 9.17) is 14.6 Å². The zero-order valence-electron chi connectivity index (χ0n) is 13.8. The molecule has 1 atom stereocenters. The van der Waals surface area contributed by atoms with E-state index >= 15 is 0 Å². The lowest BCUT2D eigenvalue weighted by atomic mass is 10.2. The minimum Gasteiger partial charge on any atom is -0.493 e. The Balaban J connectivity index is 2.18. The Labute approximate surface area is 144 Å². The Hall–Kier alpha value is -3.35. The Morgan fingerprint density at radius 2 is 1.88 bits per heavy atom. The van der Waals surface area contributed by atoms with Crippen molar-refractivity contribution in [2.75, 3.05) is 7.11 Å². The van der Waals surface area contributed by atoms with Gasteiger partial charge in [-0.25, -0.2) is 10.2 Å². The van der Waals surface area contributed by atoms with Crippen molar-refractivity contribution in [3.8, 4) is 11.5 Å². The van der Waals surface area contributed by atoms with E-state index in [2.05, 4.69) is 10.5 Å². The highest BCUT2D eigenvalue weighted by molar-refractivity contribution is 5.95. The Morgan fingerprint density at radius 1 is 1.16 bits per heavy atom. The van der Waals surface area contributed by atoms with Crippen LogP contribution < -0.4 is 14.9 Å². The third-order valence-electron chi connectivity index (χ3n) is 3.28. The number of carboxylic acid groups (broad SMARTS) is 1. The number of carbonyl (C=O) groups is 2. The second-order valence-electron chi connectivity index (χ2n) is 5.04. The number of rotatable bonds is 7. The number of carbonyl (C=O) groups excluding carboxylic acids is 1. The molecule has 0 bridgehead atoms. The maximum Gasteiger partial charge on any atom is 0.344 e. The predicted molar refractivity (Wildman–Crippen MR) is 92.2 cm³/mol. The third-order valence-corrected chi connectivity index (χ3v) is 3.28. The smallest absolute Gasteiger partial charge is 0.344 e. The minimum absolute atomic E-state index is 0.234. The number of nitrogens with zero attached hydrogens (tertiary/aromatic N) is 1. The summed E-state index contributed by atoms with van der Waals surface area (Å²) in [6.45, 7) is 1.41. The van der Waals surface area contributed by atoms with E-state index in [0.717, 1.165) is 0 Å². The molecule has 0 spiro atoms. The van der Waals surface area contributed by atoms with Gasteiger partial charge in [-0.05, 0) is 31.2 Å². The van der Waals surface area contributed by atoms with Crippen LogP contribution in [0, 0.1) is 0 Å². The SMILES string of the molecule is COc1cccc(/C=N\NC(=O)c2ccccc2)c1O[C@H](C)C(=O)O. The first-order chi connectivity index (χ1) is 12.0. The molecule has 0 saturated heterocycles. The van der Waals surface area contributed by atoms with E-state index in [1.54, 1.807) is 42.5 Å². The first-order valence-corrected chi connectivity index (χ1v) is 7.48. The van der Waals surface area contributed by atoms with Gasteiger partial charge in [0.1, 0.15) is 0 Å². The van der Waals surface area contributed by atoms with Crippen molar-refractivity contribution in [1.82, 2.24) is 5.43 Å². The summed E-state index contributed by atoms with van der Waals surface area (Å²) in [5.41, 5.74) is 3.35. The van der Waals surface area contributed by atoms with Crippen LogP contribution in [-0.2, 0) is 4.79 Å². The molecule has 0 aliphatic carbocycles. The average Bonchev–Trinajstić information content (AvgIpc) is 2.63. The van der Waals surface area contributed by atoms with E-state index in [1.807, 2.05) is 6.07 Å². The van der Waals surface area contributed by atoms with Gasteiger partial charge in [-0.2, -0.15) is 5.10 Å². The topological polar surface area (TPSA) is 97.2 Å². The molecule has 0 aromatic heterocycles. The monoisotopic (exact) mass is 342 g/mol. The summed E-state index contributed by atoms with van der Waals surface area (Å²) in [4.78, 5) is 23.0. The zero-order valence-corrected chi connectivity index (χ0v) is 13.8. The molecule has 0 saturated carbocycles. The molecule has 25 heavy (non-hydrogen) atoms. The highest BCUT2D eigenvalue weighted by Crippen LogP contribution is 2.31. The minimum atomic E-state index is -1.11. The fourth-order valence-electron chi connectivity index (χ4n) is 1.96. The quantitative estimate of drug-likeness (QED) is 0.594. The molecule has 0 aliphatic rings. The van der Waals surface area contributed by atoms with Gasteiger partial charge >= 0.3 is 5.97 Å². The number of hydrogen-bond donors (Lipinski definition) is 2. The van der Waals surface area contributed by atoms with Crippen LogP contribution in [-0.4, -0.2) is 36.4 Å². The molecule has 2 N–H and O–H groups in total. The van der Waals surface area contributed by atoms with E-state index in [0.29, 0.717) is 16.9 Å². The van der Waals surface area contributed by atoms with Crippen LogP contribution in [0.2, 0.25) is 0 Å². The molecule has 2 rings (SSSR count). The Kier molecular flexibility index (Phi) is 6.11. The van der Waals surface area contributed by atoms with Crippen LogP contribution in [0.15, 0.2) is 53.6 Å². The van der Waals surface area contributed by atoms with Crippen LogP contribution in [0.5, 0.6) is 11.5 Å². The maximum absolute atomic E-state index is 12.0. The number of methoxy groups -OCH3 is 1. The van der Waals surface area contributed by atoms with Crippen LogP contribution in [0.3, 0.4) is 0 Å². The lowest BCUT2D eigenvalue weighted by molar-refractivity contribution is -0.144. The van der Waals surface area contributed by atoms with Crippen molar-refractivity contribution in [2.24, 2.45) is 5.10 Å². The highest BCUT2D eigenvalue weighted by Gasteiger charge is 2.18. The normalized spacial score (nSPS) is 11.8. The predicted octanol–water partition coefficient (Wildman–Crippen LogP) is 2.31. The molecule has 0 radical (unpaired) electrons. The van der Waals surface area contributed by atoms with Crippen molar-refractivity contribution < 1.29 is 24.2 Å². The van der Waals surface area contributed by atoms with Crippen molar-refractivity contribution in [3.63, 3.8) is 0 Å². The molecule has 7 heteroatoms. The number of benzene rings is 2. The summed E-state index contributed by atoms with van der Waals surface area (Å²) in [6, 6.07) is 13.7. The van der Waals surface area contributed by atoms with Crippen molar-refractivity contribution in [1.29, 1.82) is 0 Å². The largest absolute Gasteiger partial charge is 0.493 e. The van der Waals surface area contributed by atoms with Gasteiger partial charge in [-0.3, -0.25) is 4.79 Å². The second-order valence-corrected chi connectivity index (χ2v) is 5.04. The first kappa shape index (κ1) is 18.0. The first-order valence-electron chi connectivity index (χ1n) is 7.48. The summed E-state index contributed by atoms with van der Waals surface area (Å²) in [7, 11) is 1.45. The maximum atomic E-state index is 12.0. The van der Waals surface area contributed by atoms with Gasteiger partial charge in [0.25, 0.3) is 5.91 Å². The van der Waals surface area contributed by atoms with E-state index in [1.165, 1.54) is 20.2 Å². The van der Waals surface area contributed by atoms with Gasteiger partial charge in [0, 0.05) is 11.1 Å². The molecule has 1 amide bonds. The zero-order chi connectivity index (χ0) is 18.2. The van der Waals surface area contributed by atoms with E-state index in [9.17, 15) is 9.59 Å². The number of aliphatic carboxylic acids is 1. The van der Waals surface area contributed by atoms with Gasteiger partial charge in [-0.15, -0.1) is 0 Å². The number of nitrogens with one attached hydrogen (secondary N) is 1. The molecular formula is C18H18N2O5. The molecule has 130 valence electrons. The van der Waals surface area contributed by atoms with Crippen molar-refractivity contribution >= 4 is 18.1 Å². The summed E-state index contributed by atoms with van der Waals surface area (Å²) in [5, 5.41) is 12.9. The molecule has 0 unspecified atom stereocenters. The molecule has 2 aromatic rings. The fraction of sp³-hybridized carbons (Fsp3) is 0.167. The van der Waals surface area contributed by atoms with Crippen molar-refractivity contribution in [3.05, 3.63) is 59.7 Å². The van der Waals surface area contributed by atoms with Crippen LogP contribution in [0.1, 0.15) is 22.8 Å². The lowest BCUT2D eigenvalue weighted by Gasteiger charge is -2.15. The summed E-state index contributed by atoms with van der Waals surface area (Å²) in [6.07, 6.45) is 0.301. The van der Waals surface area contributed by atoms with Crippen LogP contribution in [0.25, 0.3) is 0 Å². The van der Waals surface area contributed by atoms with E-state index in [-0.39, 0.29) is 11.7 Å². The van der Waals surface area contributed by atoms with Gasteiger partial charge in [0.2, 0.25) is 0 Å². The van der Waals surface area contributed by atoms with Gasteiger partial charge < -0.3 is 14.6 Å². The molecule has 2 aromatic carbocycles. The standard InChI is InChI=1S/C18H18N2O5/c1-12(18(22)23)25-16-14(9-6-10-15(16)24-2)11-19-20-17(21)13-7-4-3-5-8-13/h3-12H,1-2H3,(H,20,21)(H,22,23)/b19-11-/t12-/m1/s1. The average molecular weight is 342 g/mol. The number of amides is 1. The molecular weight excluding hydrogens is 324 g/mol. The summed E-state index contributed by atoms with van der Waals surface area (Å²) < 4.78 is 10.6.